The van der Waals surface area contributed by atoms with Crippen molar-refractivity contribution in [3.05, 3.63) is 29.8 Å². The Hall–Kier alpha value is -1.31. The average Bonchev–Trinajstić information content (AvgIpc) is 2.05. The number of ether oxygens (including phenoxy) is 1. The fourth-order valence-corrected chi connectivity index (χ4v) is 0.959. The van der Waals surface area contributed by atoms with Crippen molar-refractivity contribution >= 4 is 5.97 Å². The lowest BCUT2D eigenvalue weighted by Crippen LogP contribution is -2.00. The molecule has 0 atom stereocenters. The highest BCUT2D eigenvalue weighted by atomic mass is 16.5. The van der Waals surface area contributed by atoms with Crippen LogP contribution >= 0.6 is 0 Å². The minimum atomic E-state index is -0.278. The molecule has 0 radical (unpaired) electrons. The summed E-state index contributed by atoms with van der Waals surface area (Å²) < 4.78 is 4.87. The molecule has 0 saturated heterocycles. The summed E-state index contributed by atoms with van der Waals surface area (Å²) in [6.07, 6.45) is 1.00. The molecule has 0 aliphatic carbocycles. The molecule has 0 aliphatic rings. The van der Waals surface area contributed by atoms with Crippen LogP contribution in [0.3, 0.4) is 0 Å². The predicted molar refractivity (Wildman–Crippen MR) is 53.9 cm³/mol. The molecule has 2 heteroatoms. The maximum atomic E-state index is 10.5. The lowest BCUT2D eigenvalue weighted by Gasteiger charge is -2.01. The van der Waals surface area contributed by atoms with Crippen molar-refractivity contribution in [1.82, 2.24) is 0 Å². The molecule has 0 spiro atoms. The zero-order valence-electron chi connectivity index (χ0n) is 7.33. The van der Waals surface area contributed by atoms with Crippen LogP contribution in [0, 0.1) is 0 Å². The fraction of sp³-hybridized carbons (Fsp3) is 0.364. The number of esters is 1. The van der Waals surface area contributed by atoms with E-state index in [1.165, 1.54) is 12.5 Å². The SMILES string of the molecule is C.CCc1ccc(OC(C)=O)cc1. The van der Waals surface area contributed by atoms with Crippen LogP contribution < -0.4 is 4.74 Å². The van der Waals surface area contributed by atoms with Crippen molar-refractivity contribution in [3.63, 3.8) is 0 Å². The highest BCUT2D eigenvalue weighted by Gasteiger charge is 1.96. The van der Waals surface area contributed by atoms with E-state index in [4.69, 9.17) is 4.74 Å². The van der Waals surface area contributed by atoms with Crippen LogP contribution in [0.1, 0.15) is 26.8 Å². The third-order valence-electron chi connectivity index (χ3n) is 1.59. The van der Waals surface area contributed by atoms with E-state index in [2.05, 4.69) is 6.92 Å². The van der Waals surface area contributed by atoms with Crippen molar-refractivity contribution in [2.75, 3.05) is 0 Å². The van der Waals surface area contributed by atoms with Crippen LogP contribution in [0.25, 0.3) is 0 Å². The summed E-state index contributed by atoms with van der Waals surface area (Å²) in [4.78, 5) is 10.5. The molecule has 0 heterocycles. The normalized spacial score (nSPS) is 8.77. The van der Waals surface area contributed by atoms with E-state index < -0.39 is 0 Å². The maximum absolute atomic E-state index is 10.5. The summed E-state index contributed by atoms with van der Waals surface area (Å²) in [6.45, 7) is 3.48. The van der Waals surface area contributed by atoms with Gasteiger partial charge in [-0.1, -0.05) is 26.5 Å². The van der Waals surface area contributed by atoms with E-state index in [0.29, 0.717) is 5.75 Å². The van der Waals surface area contributed by atoms with Gasteiger partial charge in [0.2, 0.25) is 0 Å². The third-order valence-corrected chi connectivity index (χ3v) is 1.59. The molecule has 2 nitrogen and oxygen atoms in total. The summed E-state index contributed by atoms with van der Waals surface area (Å²) >= 11 is 0. The number of carbonyl (C=O) groups excluding carboxylic acids is 1. The quantitative estimate of drug-likeness (QED) is 0.516. The zero-order valence-corrected chi connectivity index (χ0v) is 7.33. The van der Waals surface area contributed by atoms with Crippen LogP contribution in [0.5, 0.6) is 5.75 Å². The topological polar surface area (TPSA) is 26.3 Å². The maximum Gasteiger partial charge on any atom is 0.308 e. The van der Waals surface area contributed by atoms with Crippen LogP contribution in [-0.2, 0) is 11.2 Å². The molecule has 0 N–H and O–H groups in total. The first kappa shape index (κ1) is 11.7. The van der Waals surface area contributed by atoms with E-state index in [1.807, 2.05) is 12.1 Å². The van der Waals surface area contributed by atoms with E-state index in [0.717, 1.165) is 6.42 Å². The van der Waals surface area contributed by atoms with Gasteiger partial charge >= 0.3 is 5.97 Å². The summed E-state index contributed by atoms with van der Waals surface area (Å²) in [5.41, 5.74) is 1.24. The Kier molecular flexibility index (Phi) is 4.82. The predicted octanol–water partition coefficient (Wildman–Crippen LogP) is 2.81. The van der Waals surface area contributed by atoms with E-state index >= 15 is 0 Å². The van der Waals surface area contributed by atoms with Crippen molar-refractivity contribution < 1.29 is 9.53 Å². The molecule has 0 saturated carbocycles. The van der Waals surface area contributed by atoms with Crippen molar-refractivity contribution in [2.45, 2.75) is 27.7 Å². The smallest absolute Gasteiger partial charge is 0.308 e. The highest BCUT2D eigenvalue weighted by molar-refractivity contribution is 5.69. The van der Waals surface area contributed by atoms with Crippen molar-refractivity contribution in [1.29, 1.82) is 0 Å². The van der Waals surface area contributed by atoms with Gasteiger partial charge in [-0.2, -0.15) is 0 Å². The second-order valence-corrected chi connectivity index (χ2v) is 2.59. The Morgan fingerprint density at radius 2 is 1.85 bits per heavy atom. The Bertz CT molecular complexity index is 262. The zero-order chi connectivity index (χ0) is 8.97. The Morgan fingerprint density at radius 3 is 2.23 bits per heavy atom. The molecular weight excluding hydrogens is 164 g/mol. The third kappa shape index (κ3) is 3.74. The average molecular weight is 180 g/mol. The van der Waals surface area contributed by atoms with Crippen molar-refractivity contribution in [3.8, 4) is 5.75 Å². The molecule has 0 fully saturated rings. The molecule has 72 valence electrons. The Balaban J connectivity index is 0.00000144. The first-order valence-electron chi connectivity index (χ1n) is 3.99. The molecule has 0 amide bonds. The van der Waals surface area contributed by atoms with Crippen LogP contribution in [-0.4, -0.2) is 5.97 Å². The summed E-state index contributed by atoms with van der Waals surface area (Å²) in [5, 5.41) is 0. The van der Waals surface area contributed by atoms with E-state index in [9.17, 15) is 4.79 Å². The van der Waals surface area contributed by atoms with Gasteiger partial charge in [-0.25, -0.2) is 0 Å². The molecule has 1 aromatic carbocycles. The first-order chi connectivity index (χ1) is 5.72. The van der Waals surface area contributed by atoms with Crippen molar-refractivity contribution in [2.24, 2.45) is 0 Å². The molecule has 0 aromatic heterocycles. The second-order valence-electron chi connectivity index (χ2n) is 2.59. The summed E-state index contributed by atoms with van der Waals surface area (Å²) in [7, 11) is 0. The summed E-state index contributed by atoms with van der Waals surface area (Å²) in [6, 6.07) is 7.52. The van der Waals surface area contributed by atoms with Gasteiger partial charge in [0.1, 0.15) is 5.75 Å². The Labute approximate surface area is 79.5 Å². The minimum Gasteiger partial charge on any atom is -0.427 e. The molecule has 0 aliphatic heterocycles. The number of carbonyl (C=O) groups is 1. The van der Waals surface area contributed by atoms with Gasteiger partial charge in [0.05, 0.1) is 0 Å². The monoisotopic (exact) mass is 180 g/mol. The standard InChI is InChI=1S/C10H12O2.CH4/c1-3-9-4-6-10(7-5-9)12-8(2)11;/h4-7H,3H2,1-2H3;1H4. The Morgan fingerprint density at radius 1 is 1.31 bits per heavy atom. The minimum absolute atomic E-state index is 0. The van der Waals surface area contributed by atoms with E-state index in [-0.39, 0.29) is 13.4 Å². The molecular formula is C11H16O2. The first-order valence-corrected chi connectivity index (χ1v) is 3.99. The highest BCUT2D eigenvalue weighted by Crippen LogP contribution is 2.12. The van der Waals surface area contributed by atoms with Gasteiger partial charge in [0.15, 0.2) is 0 Å². The number of rotatable bonds is 2. The van der Waals surface area contributed by atoms with Crippen LogP contribution in [0.4, 0.5) is 0 Å². The van der Waals surface area contributed by atoms with Gasteiger partial charge in [-0.05, 0) is 24.1 Å². The lowest BCUT2D eigenvalue weighted by atomic mass is 10.2. The fourth-order valence-electron chi connectivity index (χ4n) is 0.959. The molecule has 13 heavy (non-hydrogen) atoms. The van der Waals surface area contributed by atoms with Crippen LogP contribution in [0.15, 0.2) is 24.3 Å². The van der Waals surface area contributed by atoms with Gasteiger partial charge in [0.25, 0.3) is 0 Å². The van der Waals surface area contributed by atoms with Crippen LogP contribution in [0.2, 0.25) is 0 Å². The van der Waals surface area contributed by atoms with Gasteiger partial charge in [0, 0.05) is 6.92 Å². The summed E-state index contributed by atoms with van der Waals surface area (Å²) in [5.74, 6) is 0.332. The van der Waals surface area contributed by atoms with Gasteiger partial charge in [-0.15, -0.1) is 0 Å². The molecule has 1 rings (SSSR count). The largest absolute Gasteiger partial charge is 0.427 e. The molecule has 0 bridgehead atoms. The molecule has 0 unspecified atom stereocenters. The lowest BCUT2D eigenvalue weighted by molar-refractivity contribution is -0.131. The number of benzene rings is 1. The number of hydrogen-bond acceptors (Lipinski definition) is 2. The van der Waals surface area contributed by atoms with E-state index in [1.54, 1.807) is 12.1 Å². The van der Waals surface area contributed by atoms with Gasteiger partial charge in [-0.3, -0.25) is 4.79 Å². The van der Waals surface area contributed by atoms with Gasteiger partial charge < -0.3 is 4.74 Å². The second kappa shape index (κ2) is 5.36. The molecule has 1 aromatic rings. The number of hydrogen-bond donors (Lipinski definition) is 0. The number of aryl methyl sites for hydroxylation is 1.